The zero-order valence-corrected chi connectivity index (χ0v) is 22.3. The molecule has 0 N–H and O–H groups in total. The molecule has 0 aliphatic heterocycles. The summed E-state index contributed by atoms with van der Waals surface area (Å²) in [5.41, 5.74) is 0.754. The molecule has 0 saturated carbocycles. The van der Waals surface area contributed by atoms with Crippen LogP contribution in [0.1, 0.15) is 0 Å². The van der Waals surface area contributed by atoms with Crippen molar-refractivity contribution in [2.45, 2.75) is 0 Å². The van der Waals surface area contributed by atoms with E-state index in [2.05, 4.69) is 9.97 Å². The Labute approximate surface area is 210 Å². The lowest BCUT2D eigenvalue weighted by Crippen LogP contribution is -2.19. The molecule has 0 fully saturated rings. The first-order chi connectivity index (χ1) is 17.5. The van der Waals surface area contributed by atoms with Crippen LogP contribution in [0.5, 0.6) is 23.5 Å². The molecule has 2 aromatic carbocycles. The van der Waals surface area contributed by atoms with Gasteiger partial charge in [-0.1, -0.05) is 60.7 Å². The van der Waals surface area contributed by atoms with Gasteiger partial charge < -0.3 is 28.1 Å². The van der Waals surface area contributed by atoms with Crippen LogP contribution in [0.3, 0.4) is 0 Å². The molecule has 0 aliphatic rings. The van der Waals surface area contributed by atoms with E-state index in [9.17, 15) is 9.13 Å². The summed E-state index contributed by atoms with van der Waals surface area (Å²) in [6, 6.07) is 21.4. The molecule has 0 radical (unpaired) electrons. The highest BCUT2D eigenvalue weighted by molar-refractivity contribution is 7.62. The van der Waals surface area contributed by atoms with Gasteiger partial charge in [-0.2, -0.15) is 9.97 Å². The van der Waals surface area contributed by atoms with Gasteiger partial charge in [0.1, 0.15) is 15.6 Å². The lowest BCUT2D eigenvalue weighted by atomic mass is 10.1. The average molecular weight is 524 g/mol. The normalized spacial score (nSPS) is 12.4. The third-order valence-electron chi connectivity index (χ3n) is 5.54. The summed E-state index contributed by atoms with van der Waals surface area (Å²) >= 11 is 0. The summed E-state index contributed by atoms with van der Waals surface area (Å²) in [6.07, 6.45) is 0. The highest BCUT2D eigenvalue weighted by Crippen LogP contribution is 2.42. The maximum atomic E-state index is 13.9. The number of ether oxygens (including phenoxy) is 4. The fourth-order valence-electron chi connectivity index (χ4n) is 3.83. The maximum absolute atomic E-state index is 13.9. The van der Waals surface area contributed by atoms with Crippen LogP contribution in [0.25, 0.3) is 11.1 Å². The molecule has 4 aromatic rings. The first-order valence-electron chi connectivity index (χ1n) is 11.0. The second kappa shape index (κ2) is 11.4. The van der Waals surface area contributed by atoms with Crippen molar-refractivity contribution >= 4 is 36.8 Å². The second-order valence-electron chi connectivity index (χ2n) is 7.58. The standard InChI is InChI=1S/C26H26N2O6P2/c1-31-21-15-19(35(29)17-11-7-5-8-12-17)23(25(27-21)33-3)24-20(16-22(32-2)28-26(24)34-4)36(30)18-13-9-6-10-14-18/h5-16,35-36H,1-4H3. The number of aromatic nitrogens is 2. The van der Waals surface area contributed by atoms with E-state index in [1.54, 1.807) is 36.4 Å². The number of nitrogens with zero attached hydrogens (tertiary/aromatic N) is 2. The molecule has 2 atom stereocenters. The van der Waals surface area contributed by atoms with Gasteiger partial charge in [-0.15, -0.1) is 0 Å². The molecule has 0 spiro atoms. The number of hydrogen-bond acceptors (Lipinski definition) is 8. The van der Waals surface area contributed by atoms with Gasteiger partial charge in [-0.05, 0) is 0 Å². The predicted octanol–water partition coefficient (Wildman–Crippen LogP) is 3.20. The third-order valence-corrected chi connectivity index (χ3v) is 9.02. The van der Waals surface area contributed by atoms with Crippen molar-refractivity contribution in [1.29, 1.82) is 0 Å². The lowest BCUT2D eigenvalue weighted by Gasteiger charge is -2.20. The molecule has 8 nitrogen and oxygen atoms in total. The Balaban J connectivity index is 2.09. The number of pyridine rings is 2. The molecule has 2 aromatic heterocycles. The summed E-state index contributed by atoms with van der Waals surface area (Å²) in [4.78, 5) is 8.88. The molecule has 0 aliphatic carbocycles. The molecule has 0 saturated heterocycles. The first-order valence-corrected chi connectivity index (χ1v) is 13.8. The van der Waals surface area contributed by atoms with E-state index in [0.717, 1.165) is 0 Å². The molecule has 186 valence electrons. The molecule has 0 amide bonds. The minimum absolute atomic E-state index is 0.146. The molecular formula is C26H26N2O6P2. The van der Waals surface area contributed by atoms with Gasteiger partial charge in [0, 0.05) is 33.4 Å². The largest absolute Gasteiger partial charge is 0.481 e. The smallest absolute Gasteiger partial charge is 0.225 e. The topological polar surface area (TPSA) is 96.8 Å². The monoisotopic (exact) mass is 524 g/mol. The van der Waals surface area contributed by atoms with E-state index in [1.807, 2.05) is 36.4 Å². The van der Waals surface area contributed by atoms with E-state index in [1.165, 1.54) is 28.4 Å². The molecule has 36 heavy (non-hydrogen) atoms. The van der Waals surface area contributed by atoms with Gasteiger partial charge in [-0.25, -0.2) is 0 Å². The van der Waals surface area contributed by atoms with Crippen LogP contribution >= 0.6 is 15.6 Å². The van der Waals surface area contributed by atoms with Crippen molar-refractivity contribution in [3.8, 4) is 34.6 Å². The zero-order chi connectivity index (χ0) is 25.7. The van der Waals surface area contributed by atoms with Crippen molar-refractivity contribution in [2.75, 3.05) is 28.4 Å². The summed E-state index contributed by atoms with van der Waals surface area (Å²) in [6.45, 7) is 0. The Kier molecular flexibility index (Phi) is 8.09. The molecular weight excluding hydrogens is 498 g/mol. The summed E-state index contributed by atoms with van der Waals surface area (Å²) in [7, 11) is 0.684. The fourth-order valence-corrected chi connectivity index (χ4v) is 6.87. The first kappa shape index (κ1) is 25.5. The van der Waals surface area contributed by atoms with Crippen LogP contribution in [0, 0.1) is 0 Å². The van der Waals surface area contributed by atoms with Gasteiger partial charge in [0.05, 0.1) is 39.6 Å². The summed E-state index contributed by atoms with van der Waals surface area (Å²) in [5, 5.41) is 2.11. The fraction of sp³-hybridized carbons (Fsp3) is 0.154. The highest BCUT2D eigenvalue weighted by Gasteiger charge is 2.29. The van der Waals surface area contributed by atoms with Gasteiger partial charge >= 0.3 is 0 Å². The molecule has 0 bridgehead atoms. The van der Waals surface area contributed by atoms with Gasteiger partial charge in [0.2, 0.25) is 23.5 Å². The van der Waals surface area contributed by atoms with Crippen molar-refractivity contribution in [3.05, 3.63) is 72.8 Å². The SMILES string of the molecule is COc1cc([PH](=O)c2ccccc2)c(-c2c([PH](=O)c3ccccc3)cc(OC)nc2OC)c(OC)n1. The van der Waals surface area contributed by atoms with Gasteiger partial charge in [-0.3, -0.25) is 0 Å². The van der Waals surface area contributed by atoms with E-state index in [-0.39, 0.29) is 23.5 Å². The highest BCUT2D eigenvalue weighted by atomic mass is 31.1. The van der Waals surface area contributed by atoms with Crippen LogP contribution in [-0.2, 0) is 9.13 Å². The number of benzene rings is 2. The molecule has 10 heteroatoms. The molecule has 2 unspecified atom stereocenters. The van der Waals surface area contributed by atoms with Crippen LogP contribution in [0.2, 0.25) is 0 Å². The van der Waals surface area contributed by atoms with Gasteiger partial charge in [0.15, 0.2) is 0 Å². The van der Waals surface area contributed by atoms with E-state index in [4.69, 9.17) is 18.9 Å². The zero-order valence-electron chi connectivity index (χ0n) is 20.3. The second-order valence-corrected chi connectivity index (χ2v) is 11.1. The minimum Gasteiger partial charge on any atom is -0.481 e. The Hall–Kier alpha value is -3.60. The van der Waals surface area contributed by atoms with Crippen LogP contribution in [0.15, 0.2) is 72.8 Å². The van der Waals surface area contributed by atoms with Gasteiger partial charge in [0.25, 0.3) is 0 Å². The van der Waals surface area contributed by atoms with Crippen LogP contribution in [-0.4, -0.2) is 38.4 Å². The van der Waals surface area contributed by atoms with Crippen molar-refractivity contribution < 1.29 is 28.1 Å². The van der Waals surface area contributed by atoms with Crippen LogP contribution < -0.4 is 40.2 Å². The lowest BCUT2D eigenvalue weighted by molar-refractivity contribution is 0.362. The number of rotatable bonds is 9. The third kappa shape index (κ3) is 5.01. The number of methoxy groups -OCH3 is 4. The van der Waals surface area contributed by atoms with Crippen LogP contribution in [0.4, 0.5) is 0 Å². The van der Waals surface area contributed by atoms with E-state index < -0.39 is 15.6 Å². The van der Waals surface area contributed by atoms with Crippen molar-refractivity contribution in [2.24, 2.45) is 0 Å². The maximum Gasteiger partial charge on any atom is 0.225 e. The minimum atomic E-state index is -2.59. The van der Waals surface area contributed by atoms with E-state index >= 15 is 0 Å². The Bertz CT molecular complexity index is 1310. The Morgan fingerprint density at radius 1 is 0.556 bits per heavy atom. The Morgan fingerprint density at radius 2 is 0.917 bits per heavy atom. The average Bonchev–Trinajstić information content (AvgIpc) is 2.95. The van der Waals surface area contributed by atoms with Crippen molar-refractivity contribution in [1.82, 2.24) is 9.97 Å². The van der Waals surface area contributed by atoms with E-state index in [0.29, 0.717) is 32.3 Å². The molecule has 2 heterocycles. The summed E-state index contributed by atoms with van der Waals surface area (Å²) < 4.78 is 49.9. The predicted molar refractivity (Wildman–Crippen MR) is 143 cm³/mol. The summed E-state index contributed by atoms with van der Waals surface area (Å²) in [5.74, 6) is 0.760. The van der Waals surface area contributed by atoms with Crippen molar-refractivity contribution in [3.63, 3.8) is 0 Å². The Morgan fingerprint density at radius 3 is 1.22 bits per heavy atom. The quantitative estimate of drug-likeness (QED) is 0.308. The number of hydrogen-bond donors (Lipinski definition) is 0. The molecule has 4 rings (SSSR count).